The van der Waals surface area contributed by atoms with Crippen molar-refractivity contribution in [2.75, 3.05) is 19.8 Å². The number of esters is 1. The second kappa shape index (κ2) is 9.07. The molecule has 0 spiro atoms. The zero-order valence-electron chi connectivity index (χ0n) is 16.9. The fourth-order valence-corrected chi connectivity index (χ4v) is 4.55. The highest BCUT2D eigenvalue weighted by Crippen LogP contribution is 2.34. The quantitative estimate of drug-likeness (QED) is 0.359. The van der Waals surface area contributed by atoms with Gasteiger partial charge in [-0.2, -0.15) is 0 Å². The van der Waals surface area contributed by atoms with E-state index in [2.05, 4.69) is 20.9 Å². The van der Waals surface area contributed by atoms with Crippen molar-refractivity contribution in [1.29, 1.82) is 0 Å². The maximum atomic E-state index is 13.0. The van der Waals surface area contributed by atoms with Crippen LogP contribution in [0.2, 0.25) is 0 Å². The Morgan fingerprint density at radius 3 is 2.71 bits per heavy atom. The molecule has 160 valence electrons. The summed E-state index contributed by atoms with van der Waals surface area (Å²) in [7, 11) is 0. The molecule has 0 unspecified atom stereocenters. The minimum Gasteiger partial charge on any atom is -0.490 e. The van der Waals surface area contributed by atoms with Crippen molar-refractivity contribution in [3.05, 3.63) is 61.3 Å². The highest BCUT2D eigenvalue weighted by molar-refractivity contribution is 9.10. The Kier molecular flexibility index (Phi) is 6.24. The van der Waals surface area contributed by atoms with Crippen LogP contribution in [0.3, 0.4) is 0 Å². The van der Waals surface area contributed by atoms with Gasteiger partial charge < -0.3 is 14.2 Å². The van der Waals surface area contributed by atoms with E-state index in [0.717, 1.165) is 16.6 Å². The fourth-order valence-electron chi connectivity index (χ4n) is 3.14. The summed E-state index contributed by atoms with van der Waals surface area (Å²) in [5.74, 6) is 0.426. The molecule has 0 bridgehead atoms. The predicted molar refractivity (Wildman–Crippen MR) is 123 cm³/mol. The summed E-state index contributed by atoms with van der Waals surface area (Å²) >= 11 is 4.85. The molecule has 0 aliphatic carbocycles. The average Bonchev–Trinajstić information content (AvgIpc) is 3.26. The van der Waals surface area contributed by atoms with Crippen molar-refractivity contribution in [1.82, 2.24) is 9.38 Å². The van der Waals surface area contributed by atoms with E-state index in [1.54, 1.807) is 29.5 Å². The third-order valence-corrected chi connectivity index (χ3v) is 6.10. The van der Waals surface area contributed by atoms with Gasteiger partial charge in [0.05, 0.1) is 28.8 Å². The summed E-state index contributed by atoms with van der Waals surface area (Å²) in [4.78, 5) is 29.8. The smallest absolute Gasteiger partial charge is 0.344 e. The largest absolute Gasteiger partial charge is 0.490 e. The van der Waals surface area contributed by atoms with Crippen LogP contribution in [-0.2, 0) is 9.53 Å². The zero-order valence-corrected chi connectivity index (χ0v) is 19.3. The van der Waals surface area contributed by atoms with Crippen molar-refractivity contribution in [2.45, 2.75) is 13.8 Å². The molecule has 2 aromatic carbocycles. The summed E-state index contributed by atoms with van der Waals surface area (Å²) in [6, 6.07) is 11.0. The molecule has 0 atom stereocenters. The van der Waals surface area contributed by atoms with E-state index >= 15 is 0 Å². The molecule has 0 aliphatic heterocycles. The van der Waals surface area contributed by atoms with E-state index in [0.29, 0.717) is 32.1 Å². The number of thiazole rings is 1. The van der Waals surface area contributed by atoms with Crippen LogP contribution < -0.4 is 19.6 Å². The van der Waals surface area contributed by atoms with Crippen molar-refractivity contribution in [2.24, 2.45) is 0 Å². The standard InChI is InChI=1S/C22H19BrN2O5S/c1-3-28-17-9-13(14(23)11-18(17)30-12-20(26)29-4-2)10-19-21(27)25-16-8-6-5-7-15(16)24-22(25)31-19/h5-11H,3-4,12H2,1-2H3/b19-10-. The third-order valence-electron chi connectivity index (χ3n) is 4.45. The maximum Gasteiger partial charge on any atom is 0.344 e. The first-order valence-corrected chi connectivity index (χ1v) is 11.3. The summed E-state index contributed by atoms with van der Waals surface area (Å²) in [6.45, 7) is 4.08. The van der Waals surface area contributed by atoms with Crippen LogP contribution in [0.25, 0.3) is 22.1 Å². The number of halogens is 1. The minimum atomic E-state index is -0.457. The molecule has 0 fully saturated rings. The Balaban J connectivity index is 1.75. The van der Waals surface area contributed by atoms with Crippen LogP contribution in [-0.4, -0.2) is 35.2 Å². The summed E-state index contributed by atoms with van der Waals surface area (Å²) in [6.07, 6.45) is 1.79. The number of hydrogen-bond donors (Lipinski definition) is 0. The van der Waals surface area contributed by atoms with Gasteiger partial charge in [0.1, 0.15) is 0 Å². The van der Waals surface area contributed by atoms with Gasteiger partial charge in [0.2, 0.25) is 0 Å². The molecule has 0 aliphatic rings. The van der Waals surface area contributed by atoms with E-state index in [9.17, 15) is 9.59 Å². The first kappa shape index (κ1) is 21.3. The van der Waals surface area contributed by atoms with Gasteiger partial charge in [0, 0.05) is 4.47 Å². The van der Waals surface area contributed by atoms with Gasteiger partial charge in [-0.25, -0.2) is 14.2 Å². The Hall–Kier alpha value is -2.91. The van der Waals surface area contributed by atoms with Crippen molar-refractivity contribution < 1.29 is 19.0 Å². The first-order chi connectivity index (χ1) is 15.0. The molecule has 0 saturated heterocycles. The van der Waals surface area contributed by atoms with Crippen LogP contribution in [0.4, 0.5) is 0 Å². The Labute approximate surface area is 190 Å². The second-order valence-corrected chi connectivity index (χ2v) is 8.34. The highest BCUT2D eigenvalue weighted by Gasteiger charge is 2.14. The second-order valence-electron chi connectivity index (χ2n) is 6.48. The van der Waals surface area contributed by atoms with Crippen LogP contribution in [0.5, 0.6) is 11.5 Å². The number of fused-ring (bicyclic) bond motifs is 3. The van der Waals surface area contributed by atoms with Gasteiger partial charge in [0.25, 0.3) is 5.56 Å². The predicted octanol–water partition coefficient (Wildman–Crippen LogP) is 3.56. The molecule has 0 saturated carbocycles. The lowest BCUT2D eigenvalue weighted by molar-refractivity contribution is -0.145. The van der Waals surface area contributed by atoms with Crippen molar-refractivity contribution in [3.8, 4) is 11.5 Å². The van der Waals surface area contributed by atoms with Gasteiger partial charge in [-0.15, -0.1) is 0 Å². The van der Waals surface area contributed by atoms with Crippen molar-refractivity contribution >= 4 is 55.3 Å². The van der Waals surface area contributed by atoms with Gasteiger partial charge >= 0.3 is 5.97 Å². The molecule has 31 heavy (non-hydrogen) atoms. The summed E-state index contributed by atoms with van der Waals surface area (Å²) in [5.41, 5.74) is 2.20. The van der Waals surface area contributed by atoms with E-state index in [4.69, 9.17) is 14.2 Å². The number of aromatic nitrogens is 2. The van der Waals surface area contributed by atoms with E-state index in [-0.39, 0.29) is 18.8 Å². The van der Waals surface area contributed by atoms with Crippen LogP contribution >= 0.6 is 27.3 Å². The third kappa shape index (κ3) is 4.28. The zero-order chi connectivity index (χ0) is 22.0. The van der Waals surface area contributed by atoms with Crippen LogP contribution in [0.15, 0.2) is 45.7 Å². The molecule has 4 aromatic rings. The van der Waals surface area contributed by atoms with E-state index < -0.39 is 5.97 Å². The maximum absolute atomic E-state index is 13.0. The van der Waals surface area contributed by atoms with Gasteiger partial charge in [0.15, 0.2) is 23.1 Å². The number of para-hydroxylation sites is 2. The molecular formula is C22H19BrN2O5S. The molecule has 2 heterocycles. The molecular weight excluding hydrogens is 484 g/mol. The average molecular weight is 503 g/mol. The SMILES string of the molecule is CCOC(=O)COc1cc(Br)c(/C=c2\sc3nc4ccccc4n3c2=O)cc1OCC. The van der Waals surface area contributed by atoms with Gasteiger partial charge in [-0.05, 0) is 49.8 Å². The Morgan fingerprint density at radius 2 is 1.94 bits per heavy atom. The first-order valence-electron chi connectivity index (χ1n) is 9.68. The fraction of sp³-hybridized carbons (Fsp3) is 0.227. The molecule has 0 amide bonds. The molecule has 7 nitrogen and oxygen atoms in total. The number of carbonyl (C=O) groups is 1. The minimum absolute atomic E-state index is 0.124. The summed E-state index contributed by atoms with van der Waals surface area (Å²) < 4.78 is 19.0. The number of benzene rings is 2. The van der Waals surface area contributed by atoms with Gasteiger partial charge in [-0.1, -0.05) is 39.4 Å². The number of rotatable bonds is 7. The molecule has 0 radical (unpaired) electrons. The molecule has 4 rings (SSSR count). The normalized spacial score (nSPS) is 11.9. The summed E-state index contributed by atoms with van der Waals surface area (Å²) in [5, 5.41) is 0. The number of imidazole rings is 1. The molecule has 2 aromatic heterocycles. The number of nitrogens with zero attached hydrogens (tertiary/aromatic N) is 2. The number of hydrogen-bond acceptors (Lipinski definition) is 7. The lowest BCUT2D eigenvalue weighted by Crippen LogP contribution is -2.22. The highest BCUT2D eigenvalue weighted by atomic mass is 79.9. The van der Waals surface area contributed by atoms with Crippen molar-refractivity contribution in [3.63, 3.8) is 0 Å². The Bertz CT molecular complexity index is 1380. The Morgan fingerprint density at radius 1 is 1.16 bits per heavy atom. The molecule has 0 N–H and O–H groups in total. The number of carbonyl (C=O) groups excluding carboxylic acids is 1. The lowest BCUT2D eigenvalue weighted by Gasteiger charge is -2.13. The molecule has 9 heteroatoms. The monoisotopic (exact) mass is 502 g/mol. The van der Waals surface area contributed by atoms with E-state index in [1.165, 1.54) is 11.3 Å². The van der Waals surface area contributed by atoms with Gasteiger partial charge in [-0.3, -0.25) is 4.79 Å². The lowest BCUT2D eigenvalue weighted by atomic mass is 10.2. The van der Waals surface area contributed by atoms with Crippen LogP contribution in [0.1, 0.15) is 19.4 Å². The van der Waals surface area contributed by atoms with Crippen LogP contribution in [0, 0.1) is 0 Å². The van der Waals surface area contributed by atoms with E-state index in [1.807, 2.05) is 31.2 Å². The number of ether oxygens (including phenoxy) is 3. The topological polar surface area (TPSA) is 79.1 Å².